The van der Waals surface area contributed by atoms with Crippen LogP contribution >= 0.6 is 0 Å². The molecule has 0 aliphatic rings. The van der Waals surface area contributed by atoms with Crippen LogP contribution in [0.4, 0.5) is 62.7 Å². The number of nitrogens with zero attached hydrogens (tertiary/aromatic N) is 4. The van der Waals surface area contributed by atoms with Crippen LogP contribution in [0.25, 0.3) is 0 Å². The molecule has 2 aromatic carbocycles. The number of ether oxygens (including phenoxy) is 2. The van der Waals surface area contributed by atoms with Crippen molar-refractivity contribution in [2.75, 3.05) is 13.2 Å². The van der Waals surface area contributed by atoms with Gasteiger partial charge in [0, 0.05) is 12.1 Å². The minimum absolute atomic E-state index is 0.0215. The first-order valence-electron chi connectivity index (χ1n) is 13.6. The molecule has 0 atom stereocenters. The number of halogens is 8. The maximum absolute atomic E-state index is 15.4. The molecule has 0 N–H and O–H groups in total. The molecule has 0 aliphatic carbocycles. The van der Waals surface area contributed by atoms with Gasteiger partial charge in [-0.3, -0.25) is 40.5 Å². The second kappa shape index (κ2) is 13.2. The zero-order valence-electron chi connectivity index (χ0n) is 26.5. The molecule has 0 bridgehead atoms. The molecule has 0 radical (unpaired) electrons. The molecule has 50 heavy (non-hydrogen) atoms. The van der Waals surface area contributed by atoms with Gasteiger partial charge < -0.3 is 9.47 Å². The first-order valence-corrected chi connectivity index (χ1v) is 13.6. The number of alkyl halides is 8. The van der Waals surface area contributed by atoms with E-state index in [9.17, 15) is 62.8 Å². The monoisotopic (exact) mass is 734 g/mol. The Hall–Kier alpha value is -5.25. The molecule has 15 nitrogen and oxygen atoms in total. The van der Waals surface area contributed by atoms with E-state index in [4.69, 9.17) is 0 Å². The Kier molecular flexibility index (Phi) is 10.8. The molecule has 0 saturated heterocycles. The van der Waals surface area contributed by atoms with Gasteiger partial charge in [-0.05, 0) is 22.0 Å². The van der Waals surface area contributed by atoms with E-state index in [1.165, 1.54) is 0 Å². The number of carbonyl (C=O) groups is 1. The van der Waals surface area contributed by atoms with E-state index in [2.05, 4.69) is 9.47 Å². The van der Waals surface area contributed by atoms with Crippen LogP contribution in [0.2, 0.25) is 0 Å². The Morgan fingerprint density at radius 1 is 0.560 bits per heavy atom. The van der Waals surface area contributed by atoms with E-state index < -0.39 is 119 Å². The highest BCUT2D eigenvalue weighted by atomic mass is 19.3. The van der Waals surface area contributed by atoms with Crippen LogP contribution < -0.4 is 0 Å². The van der Waals surface area contributed by atoms with Crippen molar-refractivity contribution in [1.29, 1.82) is 0 Å². The zero-order chi connectivity index (χ0) is 39.2. The Morgan fingerprint density at radius 3 is 1.06 bits per heavy atom. The number of non-ortho nitro benzene ring substituents is 2. The van der Waals surface area contributed by atoms with Gasteiger partial charge in [0.2, 0.25) is 0 Å². The lowest BCUT2D eigenvalue weighted by Gasteiger charge is -2.31. The van der Waals surface area contributed by atoms with Crippen LogP contribution in [0.1, 0.15) is 63.8 Å². The third kappa shape index (κ3) is 7.96. The number of rotatable bonds is 12. The van der Waals surface area contributed by atoms with Gasteiger partial charge in [0.15, 0.2) is 13.2 Å². The number of nitro groups is 4. The quantitative estimate of drug-likeness (QED) is 0.0878. The smallest absolute Gasteiger partial charge is 0.428 e. The summed E-state index contributed by atoms with van der Waals surface area (Å²) >= 11 is 0. The highest BCUT2D eigenvalue weighted by molar-refractivity contribution is 5.61. The summed E-state index contributed by atoms with van der Waals surface area (Å²) in [6.45, 7) is 1.02. The fraction of sp³-hybridized carbons (Fsp3) is 0.519. The van der Waals surface area contributed by atoms with Crippen LogP contribution in [0.3, 0.4) is 0 Å². The normalized spacial score (nSPS) is 13.1. The summed E-state index contributed by atoms with van der Waals surface area (Å²) in [6.07, 6.45) is -2.67. The van der Waals surface area contributed by atoms with Gasteiger partial charge in [-0.25, -0.2) is 4.79 Å². The molecule has 0 heterocycles. The molecule has 2 rings (SSSR count). The van der Waals surface area contributed by atoms with Crippen LogP contribution in [0, 0.1) is 40.5 Å². The number of hydrogen-bond acceptors (Lipinski definition) is 11. The number of nitro benzene ring substituents is 4. The predicted octanol–water partition coefficient (Wildman–Crippen LogP) is 8.22. The van der Waals surface area contributed by atoms with Crippen molar-refractivity contribution in [1.82, 2.24) is 0 Å². The first kappa shape index (κ1) is 40.9. The number of benzene rings is 2. The van der Waals surface area contributed by atoms with Crippen LogP contribution in [0.5, 0.6) is 0 Å². The highest BCUT2D eigenvalue weighted by Crippen LogP contribution is 2.53. The minimum Gasteiger partial charge on any atom is -0.428 e. The van der Waals surface area contributed by atoms with Crippen molar-refractivity contribution < 1.29 is 69.1 Å². The van der Waals surface area contributed by atoms with Gasteiger partial charge in [-0.15, -0.1) is 0 Å². The van der Waals surface area contributed by atoms with E-state index in [1.54, 1.807) is 0 Å². The van der Waals surface area contributed by atoms with E-state index in [0.29, 0.717) is 12.1 Å². The second-order valence-electron chi connectivity index (χ2n) is 12.7. The molecule has 2 aromatic rings. The molecule has 23 heteroatoms. The van der Waals surface area contributed by atoms with Crippen molar-refractivity contribution in [3.63, 3.8) is 0 Å². The molecule has 276 valence electrons. The van der Waals surface area contributed by atoms with Crippen molar-refractivity contribution in [2.45, 2.75) is 76.1 Å². The number of carbonyl (C=O) groups excluding carboxylic acids is 1. The standard InChI is InChI=1S/C27H26F8N4O11/c1-22(2,3)15-7-13(36(41)42)9-17(38(45)46)19(15)26(32,33)24(28,29)11-49-21(40)50-12-25(30,31)27(34,35)20-16(23(4,5)6)8-14(37(43)44)10-18(20)39(47)48/h7-10H,11-12H2,1-6H3. The Balaban J connectivity index is 2.47. The average molecular weight is 735 g/mol. The van der Waals surface area contributed by atoms with E-state index >= 15 is 17.6 Å². The Labute approximate surface area is 274 Å². The summed E-state index contributed by atoms with van der Waals surface area (Å²) in [4.78, 5) is 51.9. The number of hydrogen-bond donors (Lipinski definition) is 0. The zero-order valence-corrected chi connectivity index (χ0v) is 26.5. The van der Waals surface area contributed by atoms with Gasteiger partial charge in [-0.1, -0.05) is 41.5 Å². The summed E-state index contributed by atoms with van der Waals surface area (Å²) in [6, 6.07) is 0.715. The highest BCUT2D eigenvalue weighted by Gasteiger charge is 2.64. The topological polar surface area (TPSA) is 208 Å². The van der Waals surface area contributed by atoms with E-state index in [0.717, 1.165) is 41.5 Å². The van der Waals surface area contributed by atoms with Crippen LogP contribution in [0.15, 0.2) is 24.3 Å². The van der Waals surface area contributed by atoms with Crippen LogP contribution in [-0.4, -0.2) is 50.9 Å². The minimum atomic E-state index is -5.66. The van der Waals surface area contributed by atoms with Gasteiger partial charge >= 0.3 is 29.8 Å². The summed E-state index contributed by atoms with van der Waals surface area (Å²) in [5.74, 6) is -22.6. The summed E-state index contributed by atoms with van der Waals surface area (Å²) < 4.78 is 129. The summed E-state index contributed by atoms with van der Waals surface area (Å²) in [5, 5.41) is 45.6. The molecular weight excluding hydrogens is 708 g/mol. The lowest BCUT2D eigenvalue weighted by molar-refractivity contribution is -0.396. The maximum atomic E-state index is 15.4. The molecule has 0 aromatic heterocycles. The molecule has 0 aliphatic heterocycles. The second-order valence-corrected chi connectivity index (χ2v) is 12.7. The molecule has 0 unspecified atom stereocenters. The lowest BCUT2D eigenvalue weighted by atomic mass is 9.80. The largest absolute Gasteiger partial charge is 0.508 e. The van der Waals surface area contributed by atoms with E-state index in [-0.39, 0.29) is 12.1 Å². The predicted molar refractivity (Wildman–Crippen MR) is 152 cm³/mol. The Bertz CT molecular complexity index is 1620. The first-order chi connectivity index (χ1) is 22.3. The molecule has 0 amide bonds. The van der Waals surface area contributed by atoms with Crippen molar-refractivity contribution in [3.8, 4) is 0 Å². The van der Waals surface area contributed by atoms with Crippen molar-refractivity contribution in [2.24, 2.45) is 0 Å². The van der Waals surface area contributed by atoms with Crippen LogP contribution in [-0.2, 0) is 32.1 Å². The van der Waals surface area contributed by atoms with Gasteiger partial charge in [0.1, 0.15) is 11.1 Å². The van der Waals surface area contributed by atoms with Crippen molar-refractivity contribution >= 4 is 28.9 Å². The third-order valence-electron chi connectivity index (χ3n) is 6.92. The Morgan fingerprint density at radius 2 is 0.840 bits per heavy atom. The van der Waals surface area contributed by atoms with Gasteiger partial charge in [0.25, 0.3) is 22.7 Å². The molecule has 0 saturated carbocycles. The fourth-order valence-electron chi connectivity index (χ4n) is 4.45. The SMILES string of the molecule is CC(C)(C)c1cc([N+](=O)[O-])cc([N+](=O)[O-])c1C(F)(F)C(F)(F)COC(=O)OCC(F)(F)C(F)(F)c1c([N+](=O)[O-])cc([N+](=O)[O-])cc1C(C)(C)C. The average Bonchev–Trinajstić information content (AvgIpc) is 2.96. The third-order valence-corrected chi connectivity index (χ3v) is 6.92. The van der Waals surface area contributed by atoms with Gasteiger partial charge in [0.05, 0.1) is 31.8 Å². The molecule has 0 spiro atoms. The fourth-order valence-corrected chi connectivity index (χ4v) is 4.45. The summed E-state index contributed by atoms with van der Waals surface area (Å²) in [7, 11) is 0. The van der Waals surface area contributed by atoms with E-state index in [1.807, 2.05) is 0 Å². The lowest BCUT2D eigenvalue weighted by Crippen LogP contribution is -2.46. The molecular formula is C27H26F8N4O11. The maximum Gasteiger partial charge on any atom is 0.508 e. The van der Waals surface area contributed by atoms with Gasteiger partial charge in [-0.2, -0.15) is 35.1 Å². The molecule has 0 fully saturated rings. The van der Waals surface area contributed by atoms with Crippen molar-refractivity contribution in [3.05, 3.63) is 87.0 Å². The summed E-state index contributed by atoms with van der Waals surface area (Å²) in [5.41, 5.74) is -15.3.